The number of nitrogens with zero attached hydrogens (tertiary/aromatic N) is 1. The lowest BCUT2D eigenvalue weighted by Crippen LogP contribution is -2.39. The minimum atomic E-state index is -1.03. The summed E-state index contributed by atoms with van der Waals surface area (Å²) in [5.74, 6) is -0.492. The van der Waals surface area contributed by atoms with Crippen LogP contribution in [0.3, 0.4) is 0 Å². The molecule has 1 saturated heterocycles. The van der Waals surface area contributed by atoms with Crippen LogP contribution in [0.1, 0.15) is 12.0 Å². The van der Waals surface area contributed by atoms with Gasteiger partial charge in [0.05, 0.1) is 0 Å². The molecule has 1 aliphatic rings. The fourth-order valence-electron chi connectivity index (χ4n) is 2.16. The number of carboxylic acid groups (broad SMARTS) is 1. The second-order valence-corrected chi connectivity index (χ2v) is 4.82. The molecule has 0 saturated carbocycles. The van der Waals surface area contributed by atoms with Crippen LogP contribution in [-0.2, 0) is 11.2 Å². The average Bonchev–Trinajstić information content (AvgIpc) is 2.36. The van der Waals surface area contributed by atoms with E-state index in [2.05, 4.69) is 4.90 Å². The number of alkyl halides is 1. The molecule has 1 aliphatic heterocycles. The van der Waals surface area contributed by atoms with Crippen molar-refractivity contribution in [2.24, 2.45) is 5.73 Å². The van der Waals surface area contributed by atoms with E-state index in [0.29, 0.717) is 5.75 Å². The number of hydrogen-bond acceptors (Lipinski definition) is 4. The van der Waals surface area contributed by atoms with Crippen molar-refractivity contribution in [2.45, 2.75) is 18.9 Å². The normalized spacial score (nSPS) is 15.6. The molecule has 110 valence electrons. The molecular weight excluding hydrogens is 263 g/mol. The highest BCUT2D eigenvalue weighted by molar-refractivity contribution is 5.74. The molecule has 6 heteroatoms. The predicted octanol–water partition coefficient (Wildman–Crippen LogP) is 1.20. The number of anilines is 1. The molecule has 5 nitrogen and oxygen atoms in total. The lowest BCUT2D eigenvalue weighted by Gasteiger charge is -2.35. The quantitative estimate of drug-likeness (QED) is 0.786. The Hall–Kier alpha value is -1.82. The number of halogens is 1. The van der Waals surface area contributed by atoms with Crippen LogP contribution in [0.15, 0.2) is 18.2 Å². The smallest absolute Gasteiger partial charge is 0.320 e. The van der Waals surface area contributed by atoms with Gasteiger partial charge >= 0.3 is 5.97 Å². The number of hydrogen-bond donors (Lipinski definition) is 2. The van der Waals surface area contributed by atoms with Crippen LogP contribution < -0.4 is 15.4 Å². The number of benzene rings is 1. The number of carboxylic acids is 1. The Morgan fingerprint density at radius 3 is 2.80 bits per heavy atom. The third-order valence-corrected chi connectivity index (χ3v) is 3.35. The van der Waals surface area contributed by atoms with Gasteiger partial charge < -0.3 is 20.5 Å². The molecule has 1 fully saturated rings. The molecule has 1 heterocycles. The summed E-state index contributed by atoms with van der Waals surface area (Å²) in [6.07, 6.45) is 1.36. The number of aliphatic carboxylic acids is 1. The van der Waals surface area contributed by atoms with Gasteiger partial charge in [0.2, 0.25) is 0 Å². The van der Waals surface area contributed by atoms with Crippen molar-refractivity contribution < 1.29 is 19.0 Å². The monoisotopic (exact) mass is 282 g/mol. The largest absolute Gasteiger partial charge is 0.491 e. The lowest BCUT2D eigenvalue weighted by atomic mass is 10.0. The van der Waals surface area contributed by atoms with Gasteiger partial charge in [-0.2, -0.15) is 0 Å². The van der Waals surface area contributed by atoms with E-state index in [-0.39, 0.29) is 13.0 Å². The van der Waals surface area contributed by atoms with Crippen molar-refractivity contribution in [2.75, 3.05) is 31.3 Å². The van der Waals surface area contributed by atoms with Gasteiger partial charge in [-0.15, -0.1) is 0 Å². The maximum Gasteiger partial charge on any atom is 0.320 e. The third-order valence-electron chi connectivity index (χ3n) is 3.35. The maximum atomic E-state index is 12.1. The molecule has 2 rings (SSSR count). The highest BCUT2D eigenvalue weighted by Crippen LogP contribution is 2.29. The molecule has 0 amide bonds. The van der Waals surface area contributed by atoms with Crippen molar-refractivity contribution in [3.63, 3.8) is 0 Å². The molecule has 0 radical (unpaired) electrons. The van der Waals surface area contributed by atoms with E-state index in [1.807, 2.05) is 6.07 Å². The Kier molecular flexibility index (Phi) is 4.79. The van der Waals surface area contributed by atoms with Gasteiger partial charge in [-0.3, -0.25) is 4.79 Å². The highest BCUT2D eigenvalue weighted by atomic mass is 19.1. The van der Waals surface area contributed by atoms with E-state index in [1.54, 1.807) is 12.1 Å². The Bertz CT molecular complexity index is 477. The molecular formula is C14H19FN2O3. The van der Waals surface area contributed by atoms with E-state index >= 15 is 0 Å². The van der Waals surface area contributed by atoms with Gasteiger partial charge in [-0.05, 0) is 30.2 Å². The fraction of sp³-hybridized carbons (Fsp3) is 0.500. The number of ether oxygens (including phenoxy) is 1. The molecule has 20 heavy (non-hydrogen) atoms. The summed E-state index contributed by atoms with van der Waals surface area (Å²) in [6.45, 7) is 1.35. The van der Waals surface area contributed by atoms with Crippen molar-refractivity contribution in [3.8, 4) is 5.75 Å². The number of rotatable bonds is 7. The van der Waals surface area contributed by atoms with E-state index in [0.717, 1.165) is 30.8 Å². The Morgan fingerprint density at radius 1 is 1.50 bits per heavy atom. The summed E-state index contributed by atoms with van der Waals surface area (Å²) in [5, 5.41) is 8.94. The summed E-state index contributed by atoms with van der Waals surface area (Å²) in [4.78, 5) is 13.1. The Morgan fingerprint density at radius 2 is 2.25 bits per heavy atom. The standard InChI is InChI=1S/C14H19FN2O3/c15-4-7-20-11-2-3-13(17-5-1-6-17)10(8-11)9-12(16)14(18)19/h2-3,8,12H,1,4-7,9,16H2,(H,18,19). The first-order valence-electron chi connectivity index (χ1n) is 6.67. The van der Waals surface area contributed by atoms with Gasteiger partial charge in [-0.25, -0.2) is 4.39 Å². The first-order valence-corrected chi connectivity index (χ1v) is 6.67. The van der Waals surface area contributed by atoms with Crippen molar-refractivity contribution >= 4 is 11.7 Å². The van der Waals surface area contributed by atoms with Gasteiger partial charge in [0.25, 0.3) is 0 Å². The first kappa shape index (κ1) is 14.6. The van der Waals surface area contributed by atoms with Crippen LogP contribution in [0, 0.1) is 0 Å². The molecule has 1 atom stereocenters. The first-order chi connectivity index (χ1) is 9.61. The minimum absolute atomic E-state index is 0.00646. The zero-order valence-corrected chi connectivity index (χ0v) is 11.2. The van der Waals surface area contributed by atoms with Crippen LogP contribution in [0.2, 0.25) is 0 Å². The van der Waals surface area contributed by atoms with Crippen LogP contribution in [-0.4, -0.2) is 43.5 Å². The SMILES string of the molecule is NC(Cc1cc(OCCF)ccc1N1CCC1)C(=O)O. The second-order valence-electron chi connectivity index (χ2n) is 4.82. The molecule has 0 spiro atoms. The fourth-order valence-corrected chi connectivity index (χ4v) is 2.16. The Balaban J connectivity index is 2.19. The van der Waals surface area contributed by atoms with Gasteiger partial charge in [0, 0.05) is 25.2 Å². The Labute approximate surface area is 117 Å². The maximum absolute atomic E-state index is 12.1. The summed E-state index contributed by atoms with van der Waals surface area (Å²) >= 11 is 0. The number of carbonyl (C=O) groups is 1. The highest BCUT2D eigenvalue weighted by Gasteiger charge is 2.21. The van der Waals surface area contributed by atoms with Crippen LogP contribution in [0.5, 0.6) is 5.75 Å². The minimum Gasteiger partial charge on any atom is -0.491 e. The van der Waals surface area contributed by atoms with E-state index in [4.69, 9.17) is 15.6 Å². The molecule has 1 aromatic carbocycles. The third kappa shape index (κ3) is 3.39. The van der Waals surface area contributed by atoms with Crippen LogP contribution in [0.25, 0.3) is 0 Å². The molecule has 3 N–H and O–H groups in total. The van der Waals surface area contributed by atoms with Crippen LogP contribution >= 0.6 is 0 Å². The number of nitrogens with two attached hydrogens (primary N) is 1. The van der Waals surface area contributed by atoms with Gasteiger partial charge in [-0.1, -0.05) is 0 Å². The van der Waals surface area contributed by atoms with E-state index in [1.165, 1.54) is 0 Å². The lowest BCUT2D eigenvalue weighted by molar-refractivity contribution is -0.138. The molecule has 1 unspecified atom stereocenters. The van der Waals surface area contributed by atoms with Crippen molar-refractivity contribution in [1.29, 1.82) is 0 Å². The van der Waals surface area contributed by atoms with Gasteiger partial charge in [0.1, 0.15) is 25.1 Å². The van der Waals surface area contributed by atoms with Gasteiger partial charge in [0.15, 0.2) is 0 Å². The van der Waals surface area contributed by atoms with E-state index in [9.17, 15) is 9.18 Å². The molecule has 0 aliphatic carbocycles. The van der Waals surface area contributed by atoms with Crippen LogP contribution in [0.4, 0.5) is 10.1 Å². The summed E-state index contributed by atoms with van der Waals surface area (Å²) in [7, 11) is 0. The zero-order chi connectivity index (χ0) is 14.5. The topological polar surface area (TPSA) is 75.8 Å². The molecule has 0 bridgehead atoms. The predicted molar refractivity (Wildman–Crippen MR) is 74.1 cm³/mol. The molecule has 1 aromatic rings. The average molecular weight is 282 g/mol. The zero-order valence-electron chi connectivity index (χ0n) is 11.2. The summed E-state index contributed by atoms with van der Waals surface area (Å²) in [5.41, 5.74) is 7.42. The summed E-state index contributed by atoms with van der Waals surface area (Å²) in [6, 6.07) is 4.47. The molecule has 0 aromatic heterocycles. The second kappa shape index (κ2) is 6.56. The summed E-state index contributed by atoms with van der Waals surface area (Å²) < 4.78 is 17.4. The van der Waals surface area contributed by atoms with Crippen molar-refractivity contribution in [3.05, 3.63) is 23.8 Å². The van der Waals surface area contributed by atoms with Crippen molar-refractivity contribution in [1.82, 2.24) is 0 Å². The van der Waals surface area contributed by atoms with E-state index < -0.39 is 18.7 Å².